The normalized spacial score (nSPS) is 17.8. The average Bonchev–Trinajstić information content (AvgIpc) is 3.02. The van der Waals surface area contributed by atoms with E-state index in [1.165, 1.54) is 36.9 Å². The van der Waals surface area contributed by atoms with E-state index in [0.29, 0.717) is 12.1 Å². The van der Waals surface area contributed by atoms with Gasteiger partial charge in [0.1, 0.15) is 0 Å². The maximum Gasteiger partial charge on any atom is 0.0644 e. The van der Waals surface area contributed by atoms with E-state index < -0.39 is 0 Å². The largest absolute Gasteiger partial charge is 0.377 e. The first-order valence-electron chi connectivity index (χ1n) is 8.02. The summed E-state index contributed by atoms with van der Waals surface area (Å²) in [5, 5.41) is 8.15. The molecule has 1 unspecified atom stereocenters. The minimum atomic E-state index is 0.336. The van der Waals surface area contributed by atoms with Gasteiger partial charge in [-0.15, -0.1) is 0 Å². The summed E-state index contributed by atoms with van der Waals surface area (Å²) in [6.45, 7) is 11.3. The summed E-state index contributed by atoms with van der Waals surface area (Å²) in [5.74, 6) is 0. The Morgan fingerprint density at radius 3 is 2.65 bits per heavy atom. The third-order valence-electron chi connectivity index (χ3n) is 4.38. The van der Waals surface area contributed by atoms with E-state index in [2.05, 4.69) is 42.8 Å². The van der Waals surface area contributed by atoms with Gasteiger partial charge >= 0.3 is 0 Å². The third-order valence-corrected chi connectivity index (χ3v) is 4.38. The van der Waals surface area contributed by atoms with Crippen LogP contribution in [0.3, 0.4) is 0 Å². The second kappa shape index (κ2) is 7.23. The van der Waals surface area contributed by atoms with Gasteiger partial charge < -0.3 is 10.1 Å². The first-order chi connectivity index (χ1) is 9.63. The summed E-state index contributed by atoms with van der Waals surface area (Å²) in [5.41, 5.74) is 3.76. The molecule has 0 spiro atoms. The van der Waals surface area contributed by atoms with E-state index in [9.17, 15) is 0 Å². The van der Waals surface area contributed by atoms with E-state index in [1.807, 2.05) is 0 Å². The molecular formula is C16H29N3O. The summed E-state index contributed by atoms with van der Waals surface area (Å²) >= 11 is 0. The van der Waals surface area contributed by atoms with E-state index in [1.54, 1.807) is 0 Å². The first-order valence-corrected chi connectivity index (χ1v) is 8.02. The number of aryl methyl sites for hydroxylation is 2. The van der Waals surface area contributed by atoms with Gasteiger partial charge in [-0.2, -0.15) is 5.10 Å². The van der Waals surface area contributed by atoms with Gasteiger partial charge in [0.2, 0.25) is 0 Å². The second-order valence-corrected chi connectivity index (χ2v) is 5.85. The monoisotopic (exact) mass is 279 g/mol. The lowest BCUT2D eigenvalue weighted by Gasteiger charge is -2.16. The van der Waals surface area contributed by atoms with Crippen LogP contribution in [0.4, 0.5) is 0 Å². The molecule has 1 aliphatic carbocycles. The molecule has 1 atom stereocenters. The third kappa shape index (κ3) is 3.61. The van der Waals surface area contributed by atoms with Crippen molar-refractivity contribution in [2.24, 2.45) is 0 Å². The fraction of sp³-hybridized carbons (Fsp3) is 0.812. The molecule has 1 aliphatic rings. The molecule has 0 radical (unpaired) electrons. The molecular weight excluding hydrogens is 250 g/mol. The number of ether oxygens (including phenoxy) is 1. The highest BCUT2D eigenvalue weighted by Crippen LogP contribution is 2.22. The van der Waals surface area contributed by atoms with Crippen LogP contribution in [0.15, 0.2) is 0 Å². The molecule has 4 heteroatoms. The lowest BCUT2D eigenvalue weighted by molar-refractivity contribution is 0.0593. The molecule has 1 saturated carbocycles. The van der Waals surface area contributed by atoms with Crippen LogP contribution in [0.2, 0.25) is 0 Å². The minimum absolute atomic E-state index is 0.336. The Kier molecular flexibility index (Phi) is 5.61. The van der Waals surface area contributed by atoms with Gasteiger partial charge in [0.25, 0.3) is 0 Å². The molecule has 0 amide bonds. The average molecular weight is 279 g/mol. The van der Waals surface area contributed by atoms with E-state index in [-0.39, 0.29) is 0 Å². The van der Waals surface area contributed by atoms with E-state index in [0.717, 1.165) is 25.4 Å². The first kappa shape index (κ1) is 15.5. The Balaban J connectivity index is 1.79. The van der Waals surface area contributed by atoms with Crippen LogP contribution in [0, 0.1) is 13.8 Å². The Morgan fingerprint density at radius 1 is 1.35 bits per heavy atom. The van der Waals surface area contributed by atoms with Crippen molar-refractivity contribution >= 4 is 0 Å². The molecule has 0 saturated heterocycles. The van der Waals surface area contributed by atoms with Crippen molar-refractivity contribution in [3.8, 4) is 0 Å². The molecule has 1 N–H and O–H groups in total. The maximum absolute atomic E-state index is 5.89. The van der Waals surface area contributed by atoms with Crippen LogP contribution in [0.1, 0.15) is 62.5 Å². The summed E-state index contributed by atoms with van der Waals surface area (Å²) in [7, 11) is 0. The van der Waals surface area contributed by atoms with Crippen molar-refractivity contribution in [1.82, 2.24) is 15.1 Å². The lowest BCUT2D eigenvalue weighted by Crippen LogP contribution is -2.25. The molecule has 1 aromatic rings. The molecule has 1 fully saturated rings. The molecule has 0 aromatic carbocycles. The van der Waals surface area contributed by atoms with Gasteiger partial charge in [-0.3, -0.25) is 4.68 Å². The molecule has 0 bridgehead atoms. The molecule has 1 aromatic heterocycles. The van der Waals surface area contributed by atoms with Crippen molar-refractivity contribution in [1.29, 1.82) is 0 Å². The van der Waals surface area contributed by atoms with Crippen molar-refractivity contribution in [3.63, 3.8) is 0 Å². The molecule has 4 nitrogen and oxygen atoms in total. The fourth-order valence-electron chi connectivity index (χ4n) is 3.30. The van der Waals surface area contributed by atoms with Crippen molar-refractivity contribution in [3.05, 3.63) is 17.0 Å². The number of rotatable bonds is 7. The van der Waals surface area contributed by atoms with Crippen molar-refractivity contribution in [2.75, 3.05) is 13.2 Å². The molecule has 1 heterocycles. The van der Waals surface area contributed by atoms with Crippen molar-refractivity contribution in [2.45, 2.75) is 72.1 Å². The minimum Gasteiger partial charge on any atom is -0.377 e. The van der Waals surface area contributed by atoms with Gasteiger partial charge in [-0.05, 0) is 40.5 Å². The van der Waals surface area contributed by atoms with Gasteiger partial charge in [0.15, 0.2) is 0 Å². The number of hydrogen-bond donors (Lipinski definition) is 1. The highest BCUT2D eigenvalue weighted by Gasteiger charge is 2.17. The second-order valence-electron chi connectivity index (χ2n) is 5.85. The van der Waals surface area contributed by atoms with E-state index >= 15 is 0 Å². The number of hydrogen-bond acceptors (Lipinski definition) is 3. The highest BCUT2D eigenvalue weighted by atomic mass is 16.5. The van der Waals surface area contributed by atoms with Gasteiger partial charge in [0, 0.05) is 30.4 Å². The summed E-state index contributed by atoms with van der Waals surface area (Å²) in [6, 6.07) is 0.336. The van der Waals surface area contributed by atoms with Crippen molar-refractivity contribution < 1.29 is 4.74 Å². The molecule has 20 heavy (non-hydrogen) atoms. The smallest absolute Gasteiger partial charge is 0.0644 e. The zero-order valence-electron chi connectivity index (χ0n) is 13.4. The Morgan fingerprint density at radius 2 is 2.05 bits per heavy atom. The van der Waals surface area contributed by atoms with Crippen LogP contribution in [-0.4, -0.2) is 29.0 Å². The van der Waals surface area contributed by atoms with Crippen LogP contribution in [0.5, 0.6) is 0 Å². The van der Waals surface area contributed by atoms with Gasteiger partial charge in [-0.25, -0.2) is 0 Å². The number of nitrogens with one attached hydrogen (secondary N) is 1. The Bertz CT molecular complexity index is 422. The predicted molar refractivity (Wildman–Crippen MR) is 82.0 cm³/mol. The topological polar surface area (TPSA) is 39.1 Å². The highest BCUT2D eigenvalue weighted by molar-refractivity contribution is 5.27. The van der Waals surface area contributed by atoms with Gasteiger partial charge in [-0.1, -0.05) is 12.8 Å². The maximum atomic E-state index is 5.89. The zero-order chi connectivity index (χ0) is 14.5. The Labute approximate surface area is 122 Å². The van der Waals surface area contributed by atoms with Crippen LogP contribution < -0.4 is 5.32 Å². The standard InChI is InChI=1S/C16H29N3O/c1-5-19-14(4)16(13(3)18-19)12(2)17-10-11-20-15-8-6-7-9-15/h12,15,17H,5-11H2,1-4H3. The number of aromatic nitrogens is 2. The van der Waals surface area contributed by atoms with Crippen LogP contribution >= 0.6 is 0 Å². The summed E-state index contributed by atoms with van der Waals surface area (Å²) in [6.07, 6.45) is 5.68. The summed E-state index contributed by atoms with van der Waals surface area (Å²) in [4.78, 5) is 0. The van der Waals surface area contributed by atoms with Crippen LogP contribution in [0.25, 0.3) is 0 Å². The molecule has 2 rings (SSSR count). The number of nitrogens with zero attached hydrogens (tertiary/aromatic N) is 2. The Hall–Kier alpha value is -0.870. The van der Waals surface area contributed by atoms with Gasteiger partial charge in [0.05, 0.1) is 18.4 Å². The zero-order valence-corrected chi connectivity index (χ0v) is 13.4. The quantitative estimate of drug-likeness (QED) is 0.779. The lowest BCUT2D eigenvalue weighted by atomic mass is 10.1. The summed E-state index contributed by atoms with van der Waals surface area (Å²) < 4.78 is 7.97. The van der Waals surface area contributed by atoms with Crippen LogP contribution in [-0.2, 0) is 11.3 Å². The SMILES string of the molecule is CCn1nc(C)c(C(C)NCCOC2CCCC2)c1C. The van der Waals surface area contributed by atoms with E-state index in [4.69, 9.17) is 4.74 Å². The predicted octanol–water partition coefficient (Wildman–Crippen LogP) is 3.13. The fourth-order valence-corrected chi connectivity index (χ4v) is 3.30. The molecule has 114 valence electrons. The molecule has 0 aliphatic heterocycles.